The second-order valence-electron chi connectivity index (χ2n) is 5.02. The van der Waals surface area contributed by atoms with Crippen molar-refractivity contribution in [2.45, 2.75) is 6.36 Å². The Balaban J connectivity index is 1.83. The molecule has 0 amide bonds. The van der Waals surface area contributed by atoms with Crippen LogP contribution < -0.4 is 10.5 Å². The number of aromatic nitrogens is 3. The molecular formula is C15H9F3N4OS. The van der Waals surface area contributed by atoms with Crippen molar-refractivity contribution in [3.8, 4) is 16.3 Å². The van der Waals surface area contributed by atoms with Gasteiger partial charge in [0.15, 0.2) is 5.65 Å². The van der Waals surface area contributed by atoms with E-state index in [-0.39, 0.29) is 5.75 Å². The van der Waals surface area contributed by atoms with Crippen molar-refractivity contribution >= 4 is 32.9 Å². The highest BCUT2D eigenvalue weighted by molar-refractivity contribution is 7.22. The van der Waals surface area contributed by atoms with Crippen LogP contribution in [-0.4, -0.2) is 21.0 Å². The molecule has 0 aliphatic carbocycles. The van der Waals surface area contributed by atoms with Crippen LogP contribution in [0.25, 0.3) is 26.3 Å². The van der Waals surface area contributed by atoms with E-state index in [0.717, 1.165) is 0 Å². The van der Waals surface area contributed by atoms with Gasteiger partial charge in [0, 0.05) is 0 Å². The molecule has 9 heteroatoms. The maximum Gasteiger partial charge on any atom is 0.573 e. The van der Waals surface area contributed by atoms with Gasteiger partial charge in [-0.2, -0.15) is 0 Å². The van der Waals surface area contributed by atoms with Gasteiger partial charge in [-0.1, -0.05) is 12.1 Å². The lowest BCUT2D eigenvalue weighted by atomic mass is 10.2. The molecule has 4 aromatic rings. The van der Waals surface area contributed by atoms with Crippen LogP contribution in [0.5, 0.6) is 5.75 Å². The van der Waals surface area contributed by atoms with E-state index in [1.165, 1.54) is 28.0 Å². The number of anilines is 1. The molecule has 2 N–H and O–H groups in total. The topological polar surface area (TPSA) is 65.4 Å². The fraction of sp³-hybridized carbons (Fsp3) is 0.0667. The Kier molecular flexibility index (Phi) is 3.14. The number of imidazole rings is 1. The van der Waals surface area contributed by atoms with Crippen molar-refractivity contribution in [3.05, 3.63) is 42.6 Å². The number of nitrogen functional groups attached to an aromatic ring is 1. The summed E-state index contributed by atoms with van der Waals surface area (Å²) in [4.78, 5) is 5.13. The first-order chi connectivity index (χ1) is 11.4. The largest absolute Gasteiger partial charge is 0.573 e. The minimum Gasteiger partial charge on any atom is -0.404 e. The average Bonchev–Trinajstić information content (AvgIpc) is 3.08. The minimum atomic E-state index is -4.73. The summed E-state index contributed by atoms with van der Waals surface area (Å²) >= 11 is 1.18. The number of thiophene rings is 1. The van der Waals surface area contributed by atoms with Gasteiger partial charge in [-0.05, 0) is 29.7 Å². The Labute approximate surface area is 137 Å². The number of benzene rings is 1. The maximum absolute atomic E-state index is 12.5. The lowest BCUT2D eigenvalue weighted by Crippen LogP contribution is -2.17. The molecule has 0 fully saturated rings. The molecule has 3 aromatic heterocycles. The summed E-state index contributed by atoms with van der Waals surface area (Å²) in [5.41, 5.74) is 6.84. The third-order valence-corrected chi connectivity index (χ3v) is 4.51. The molecule has 0 spiro atoms. The predicted octanol–water partition coefficient (Wildman–Crippen LogP) is 4.09. The first-order valence-corrected chi connectivity index (χ1v) is 7.61. The van der Waals surface area contributed by atoms with Crippen LogP contribution in [0.15, 0.2) is 42.6 Å². The third kappa shape index (κ3) is 2.62. The molecule has 24 heavy (non-hydrogen) atoms. The number of hydrogen-bond donors (Lipinski definition) is 1. The van der Waals surface area contributed by atoms with Gasteiger partial charge >= 0.3 is 6.36 Å². The summed E-state index contributed by atoms with van der Waals surface area (Å²) in [7, 11) is 0. The van der Waals surface area contributed by atoms with Crippen molar-refractivity contribution in [1.82, 2.24) is 14.6 Å². The Morgan fingerprint density at radius 2 is 2.00 bits per heavy atom. The SMILES string of the molecule is Nc1ccc2nc(-c3cc4cccc(OC(F)(F)F)c4s3)cn2n1. The van der Waals surface area contributed by atoms with E-state index in [4.69, 9.17) is 5.73 Å². The second-order valence-corrected chi connectivity index (χ2v) is 6.07. The number of alkyl halides is 3. The molecule has 0 bridgehead atoms. The van der Waals surface area contributed by atoms with Gasteiger partial charge in [0.25, 0.3) is 0 Å². The fourth-order valence-electron chi connectivity index (χ4n) is 2.38. The van der Waals surface area contributed by atoms with Crippen LogP contribution in [0, 0.1) is 0 Å². The van der Waals surface area contributed by atoms with Gasteiger partial charge in [0.2, 0.25) is 0 Å². The summed E-state index contributed by atoms with van der Waals surface area (Å²) in [6.07, 6.45) is -3.05. The molecule has 5 nitrogen and oxygen atoms in total. The zero-order valence-corrected chi connectivity index (χ0v) is 12.7. The highest BCUT2D eigenvalue weighted by Crippen LogP contribution is 2.39. The first-order valence-electron chi connectivity index (χ1n) is 6.80. The van der Waals surface area contributed by atoms with Gasteiger partial charge in [-0.15, -0.1) is 29.6 Å². The summed E-state index contributed by atoms with van der Waals surface area (Å²) in [6, 6.07) is 9.66. The normalized spacial score (nSPS) is 12.1. The van der Waals surface area contributed by atoms with Crippen LogP contribution in [0.2, 0.25) is 0 Å². The van der Waals surface area contributed by atoms with Crippen molar-refractivity contribution < 1.29 is 17.9 Å². The summed E-state index contributed by atoms with van der Waals surface area (Å²) in [6.45, 7) is 0. The number of nitrogens with two attached hydrogens (primary N) is 1. The quantitative estimate of drug-likeness (QED) is 0.591. The monoisotopic (exact) mass is 350 g/mol. The van der Waals surface area contributed by atoms with Crippen molar-refractivity contribution in [1.29, 1.82) is 0 Å². The van der Waals surface area contributed by atoms with Gasteiger partial charge in [0.05, 0.1) is 15.8 Å². The number of nitrogens with zero attached hydrogens (tertiary/aromatic N) is 3. The number of hydrogen-bond acceptors (Lipinski definition) is 5. The van der Waals surface area contributed by atoms with Crippen LogP contribution >= 0.6 is 11.3 Å². The first kappa shape index (κ1) is 14.8. The van der Waals surface area contributed by atoms with E-state index in [0.29, 0.717) is 32.1 Å². The molecule has 4 rings (SSSR count). The highest BCUT2D eigenvalue weighted by atomic mass is 32.1. The van der Waals surface area contributed by atoms with Crippen molar-refractivity contribution in [2.24, 2.45) is 0 Å². The second kappa shape index (κ2) is 5.10. The fourth-order valence-corrected chi connectivity index (χ4v) is 3.45. The Morgan fingerprint density at radius 3 is 2.79 bits per heavy atom. The molecule has 122 valence electrons. The molecular weight excluding hydrogens is 341 g/mol. The minimum absolute atomic E-state index is 0.220. The smallest absolute Gasteiger partial charge is 0.404 e. The van der Waals surface area contributed by atoms with Gasteiger partial charge < -0.3 is 10.5 Å². The number of halogens is 3. The number of ether oxygens (including phenoxy) is 1. The summed E-state index contributed by atoms with van der Waals surface area (Å²) in [5, 5.41) is 4.76. The average molecular weight is 350 g/mol. The number of rotatable bonds is 2. The predicted molar refractivity (Wildman–Crippen MR) is 84.9 cm³/mol. The van der Waals surface area contributed by atoms with E-state index in [1.54, 1.807) is 30.5 Å². The van der Waals surface area contributed by atoms with Crippen LogP contribution in [0.3, 0.4) is 0 Å². The third-order valence-electron chi connectivity index (χ3n) is 3.33. The summed E-state index contributed by atoms with van der Waals surface area (Å²) in [5.74, 6) is 0.131. The highest BCUT2D eigenvalue weighted by Gasteiger charge is 2.32. The van der Waals surface area contributed by atoms with Gasteiger partial charge in [-0.25, -0.2) is 9.50 Å². The Morgan fingerprint density at radius 1 is 1.17 bits per heavy atom. The Hall–Kier alpha value is -2.81. The van der Waals surface area contributed by atoms with Crippen molar-refractivity contribution in [2.75, 3.05) is 5.73 Å². The van der Waals surface area contributed by atoms with E-state index in [1.807, 2.05) is 0 Å². The molecule has 3 heterocycles. The van der Waals surface area contributed by atoms with Crippen LogP contribution in [0.1, 0.15) is 0 Å². The standard InChI is InChI=1S/C15H9F3N4OS/c16-15(17,18)23-10-3-1-2-8-6-11(24-14(8)10)9-7-22-13(20-9)5-4-12(19)21-22/h1-7H,(H2,19,21). The van der Waals surface area contributed by atoms with Crippen LogP contribution in [0.4, 0.5) is 19.0 Å². The molecule has 0 atom stereocenters. The molecule has 0 saturated heterocycles. The van der Waals surface area contributed by atoms with E-state index >= 15 is 0 Å². The molecule has 0 aliphatic rings. The molecule has 0 unspecified atom stereocenters. The van der Waals surface area contributed by atoms with Crippen LogP contribution in [-0.2, 0) is 0 Å². The van der Waals surface area contributed by atoms with E-state index in [2.05, 4.69) is 14.8 Å². The molecule has 0 aliphatic heterocycles. The lowest BCUT2D eigenvalue weighted by Gasteiger charge is -2.08. The van der Waals surface area contributed by atoms with Crippen molar-refractivity contribution in [3.63, 3.8) is 0 Å². The molecule has 1 aromatic carbocycles. The van der Waals surface area contributed by atoms with E-state index < -0.39 is 6.36 Å². The molecule has 0 radical (unpaired) electrons. The zero-order valence-electron chi connectivity index (χ0n) is 11.9. The Bertz CT molecular complexity index is 1050. The molecule has 0 saturated carbocycles. The van der Waals surface area contributed by atoms with Gasteiger partial charge in [0.1, 0.15) is 17.3 Å². The van der Waals surface area contributed by atoms with Gasteiger partial charge in [-0.3, -0.25) is 0 Å². The lowest BCUT2D eigenvalue weighted by molar-refractivity contribution is -0.274. The summed E-state index contributed by atoms with van der Waals surface area (Å²) < 4.78 is 43.6. The van der Waals surface area contributed by atoms with E-state index in [9.17, 15) is 13.2 Å². The zero-order chi connectivity index (χ0) is 16.9. The maximum atomic E-state index is 12.5. The number of fused-ring (bicyclic) bond motifs is 2.